The van der Waals surface area contributed by atoms with Crippen molar-refractivity contribution in [3.05, 3.63) is 0 Å². The van der Waals surface area contributed by atoms with Gasteiger partial charge in [-0.25, -0.2) is 0 Å². The van der Waals surface area contributed by atoms with Crippen LogP contribution in [0.2, 0.25) is 0 Å². The van der Waals surface area contributed by atoms with Gasteiger partial charge in [0.25, 0.3) is 0 Å². The van der Waals surface area contributed by atoms with Crippen LogP contribution < -0.4 is 0 Å². The number of hydrogen-bond donors (Lipinski definition) is 0. The molecule has 0 rings (SSSR count). The molecule has 0 aromatic heterocycles. The lowest BCUT2D eigenvalue weighted by Crippen LogP contribution is -2.23. The predicted octanol–water partition coefficient (Wildman–Crippen LogP) is 5.74. The molecule has 20 heavy (non-hydrogen) atoms. The molecule has 0 saturated carbocycles. The Labute approximate surface area is 126 Å². The Kier molecular flexibility index (Phi) is 10.9. The van der Waals surface area contributed by atoms with E-state index in [0.717, 1.165) is 12.3 Å². The lowest BCUT2D eigenvalue weighted by atomic mass is 9.97. The minimum atomic E-state index is -0.365. The van der Waals surface area contributed by atoms with Gasteiger partial charge in [0.1, 0.15) is 0 Å². The molecule has 0 N–H and O–H groups in total. The molecule has 0 unspecified atom stereocenters. The van der Waals surface area contributed by atoms with E-state index in [4.69, 9.17) is 4.74 Å². The molecule has 0 bridgehead atoms. The van der Waals surface area contributed by atoms with E-state index in [-0.39, 0.29) is 11.4 Å². The highest BCUT2D eigenvalue weighted by atomic mass is 16.5. The van der Waals surface area contributed by atoms with Crippen molar-refractivity contribution in [2.45, 2.75) is 92.4 Å². The van der Waals surface area contributed by atoms with Crippen LogP contribution in [0.25, 0.3) is 0 Å². The van der Waals surface area contributed by atoms with E-state index in [0.29, 0.717) is 6.61 Å². The van der Waals surface area contributed by atoms with Crippen LogP contribution in [0.3, 0.4) is 0 Å². The number of esters is 1. The maximum Gasteiger partial charge on any atom is 0.311 e. The predicted molar refractivity (Wildman–Crippen MR) is 86.8 cm³/mol. The van der Waals surface area contributed by atoms with Crippen LogP contribution in [0.1, 0.15) is 92.4 Å². The van der Waals surface area contributed by atoms with E-state index in [2.05, 4.69) is 13.8 Å². The summed E-state index contributed by atoms with van der Waals surface area (Å²) >= 11 is 0. The average Bonchev–Trinajstić information content (AvgIpc) is 2.34. The SMILES string of the molecule is CC(C)CCCCCCCCCCOC(=O)C(C)(C)C. The highest BCUT2D eigenvalue weighted by Gasteiger charge is 2.22. The monoisotopic (exact) mass is 284 g/mol. The lowest BCUT2D eigenvalue weighted by molar-refractivity contribution is -0.153. The Hall–Kier alpha value is -0.530. The summed E-state index contributed by atoms with van der Waals surface area (Å²) < 4.78 is 5.25. The van der Waals surface area contributed by atoms with Gasteiger partial charge >= 0.3 is 5.97 Å². The van der Waals surface area contributed by atoms with Crippen molar-refractivity contribution < 1.29 is 9.53 Å². The summed E-state index contributed by atoms with van der Waals surface area (Å²) in [6.45, 7) is 10.9. The largest absolute Gasteiger partial charge is 0.465 e. The van der Waals surface area contributed by atoms with Crippen LogP contribution >= 0.6 is 0 Å². The van der Waals surface area contributed by atoms with Crippen molar-refractivity contribution in [3.8, 4) is 0 Å². The standard InChI is InChI=1S/C18H36O2/c1-16(2)14-12-10-8-6-7-9-11-13-15-20-17(19)18(3,4)5/h16H,6-15H2,1-5H3. The van der Waals surface area contributed by atoms with E-state index >= 15 is 0 Å². The van der Waals surface area contributed by atoms with Gasteiger partial charge in [-0.2, -0.15) is 0 Å². The molecule has 0 aliphatic heterocycles. The molecule has 0 aliphatic carbocycles. The molecule has 0 spiro atoms. The van der Waals surface area contributed by atoms with Gasteiger partial charge in [0.2, 0.25) is 0 Å². The number of ether oxygens (including phenoxy) is 1. The molecule has 0 fully saturated rings. The summed E-state index contributed by atoms with van der Waals surface area (Å²) in [7, 11) is 0. The molecular weight excluding hydrogens is 248 g/mol. The molecule has 2 heteroatoms. The third-order valence-corrected chi connectivity index (χ3v) is 3.52. The van der Waals surface area contributed by atoms with Crippen LogP contribution in [0.4, 0.5) is 0 Å². The third-order valence-electron chi connectivity index (χ3n) is 3.52. The van der Waals surface area contributed by atoms with E-state index < -0.39 is 0 Å². The number of carbonyl (C=O) groups is 1. The van der Waals surface area contributed by atoms with Crippen molar-refractivity contribution in [1.29, 1.82) is 0 Å². The average molecular weight is 284 g/mol. The molecule has 0 amide bonds. The molecule has 0 radical (unpaired) electrons. The summed E-state index contributed by atoms with van der Waals surface area (Å²) in [5, 5.41) is 0. The van der Waals surface area contributed by atoms with Gasteiger partial charge in [0.05, 0.1) is 12.0 Å². The first-order chi connectivity index (χ1) is 9.34. The van der Waals surface area contributed by atoms with Gasteiger partial charge in [-0.15, -0.1) is 0 Å². The summed E-state index contributed by atoms with van der Waals surface area (Å²) in [6, 6.07) is 0. The van der Waals surface area contributed by atoms with Gasteiger partial charge < -0.3 is 4.74 Å². The van der Waals surface area contributed by atoms with Gasteiger partial charge in [0, 0.05) is 0 Å². The van der Waals surface area contributed by atoms with Crippen LogP contribution in [-0.2, 0) is 9.53 Å². The fraction of sp³-hybridized carbons (Fsp3) is 0.944. The molecule has 0 aliphatic rings. The second-order valence-electron chi connectivity index (χ2n) is 7.40. The molecule has 0 atom stereocenters. The van der Waals surface area contributed by atoms with Gasteiger partial charge in [-0.1, -0.05) is 65.2 Å². The zero-order valence-electron chi connectivity index (χ0n) is 14.5. The van der Waals surface area contributed by atoms with Crippen molar-refractivity contribution in [3.63, 3.8) is 0 Å². The van der Waals surface area contributed by atoms with Crippen molar-refractivity contribution in [2.75, 3.05) is 6.61 Å². The second kappa shape index (κ2) is 11.2. The molecule has 0 saturated heterocycles. The first kappa shape index (κ1) is 19.5. The van der Waals surface area contributed by atoms with Crippen molar-refractivity contribution in [1.82, 2.24) is 0 Å². The highest BCUT2D eigenvalue weighted by Crippen LogP contribution is 2.16. The molecule has 0 heterocycles. The second-order valence-corrected chi connectivity index (χ2v) is 7.40. The van der Waals surface area contributed by atoms with Crippen LogP contribution in [0.15, 0.2) is 0 Å². The molecule has 0 aromatic carbocycles. The molecule has 120 valence electrons. The summed E-state index contributed by atoms with van der Waals surface area (Å²) in [5.41, 5.74) is -0.365. The normalized spacial score (nSPS) is 11.9. The maximum atomic E-state index is 11.5. The topological polar surface area (TPSA) is 26.3 Å². The van der Waals surface area contributed by atoms with Gasteiger partial charge in [-0.05, 0) is 33.1 Å². The lowest BCUT2D eigenvalue weighted by Gasteiger charge is -2.16. The van der Waals surface area contributed by atoms with Gasteiger partial charge in [-0.3, -0.25) is 4.79 Å². The summed E-state index contributed by atoms with van der Waals surface area (Å²) in [5.74, 6) is 0.772. The highest BCUT2D eigenvalue weighted by molar-refractivity contribution is 5.75. The van der Waals surface area contributed by atoms with E-state index in [9.17, 15) is 4.79 Å². The van der Waals surface area contributed by atoms with Crippen LogP contribution in [-0.4, -0.2) is 12.6 Å². The van der Waals surface area contributed by atoms with Crippen LogP contribution in [0.5, 0.6) is 0 Å². The Morgan fingerprint density at radius 2 is 1.30 bits per heavy atom. The quantitative estimate of drug-likeness (QED) is 0.357. The molecule has 2 nitrogen and oxygen atoms in total. The first-order valence-electron chi connectivity index (χ1n) is 8.51. The minimum absolute atomic E-state index is 0.0809. The fourth-order valence-corrected chi connectivity index (χ4v) is 2.10. The number of unbranched alkanes of at least 4 members (excludes halogenated alkanes) is 7. The minimum Gasteiger partial charge on any atom is -0.465 e. The third kappa shape index (κ3) is 12.5. The zero-order chi connectivity index (χ0) is 15.4. The summed E-state index contributed by atoms with van der Waals surface area (Å²) in [4.78, 5) is 11.5. The van der Waals surface area contributed by atoms with E-state index in [1.54, 1.807) is 0 Å². The van der Waals surface area contributed by atoms with E-state index in [1.165, 1.54) is 51.4 Å². The summed E-state index contributed by atoms with van der Waals surface area (Å²) in [6.07, 6.45) is 11.7. The smallest absolute Gasteiger partial charge is 0.311 e. The molecular formula is C18H36O2. The van der Waals surface area contributed by atoms with Gasteiger partial charge in [0.15, 0.2) is 0 Å². The van der Waals surface area contributed by atoms with Crippen molar-refractivity contribution in [2.24, 2.45) is 11.3 Å². The Balaban J connectivity index is 3.20. The van der Waals surface area contributed by atoms with E-state index in [1.807, 2.05) is 20.8 Å². The number of carbonyl (C=O) groups excluding carboxylic acids is 1. The number of hydrogen-bond acceptors (Lipinski definition) is 2. The van der Waals surface area contributed by atoms with Crippen LogP contribution in [0, 0.1) is 11.3 Å². The Morgan fingerprint density at radius 3 is 1.75 bits per heavy atom. The zero-order valence-corrected chi connectivity index (χ0v) is 14.5. The first-order valence-corrected chi connectivity index (χ1v) is 8.51. The Bertz CT molecular complexity index is 238. The maximum absolute atomic E-state index is 11.5. The Morgan fingerprint density at radius 1 is 0.850 bits per heavy atom. The van der Waals surface area contributed by atoms with Crippen molar-refractivity contribution >= 4 is 5.97 Å². The molecule has 0 aromatic rings. The number of rotatable bonds is 11. The fourth-order valence-electron chi connectivity index (χ4n) is 2.10.